The zero-order valence-electron chi connectivity index (χ0n) is 17.8. The zero-order valence-corrected chi connectivity index (χ0v) is 17.8. The van der Waals surface area contributed by atoms with Crippen LogP contribution in [0.4, 0.5) is 17.3 Å². The van der Waals surface area contributed by atoms with E-state index in [9.17, 15) is 25.0 Å². The molecule has 33 heavy (non-hydrogen) atoms. The van der Waals surface area contributed by atoms with Gasteiger partial charge < -0.3 is 10.8 Å². The Bertz CT molecular complexity index is 1030. The quantitative estimate of drug-likeness (QED) is 0.341. The Morgan fingerprint density at radius 1 is 1.24 bits per heavy atom. The van der Waals surface area contributed by atoms with Gasteiger partial charge in [-0.1, -0.05) is 18.2 Å². The molecule has 0 amide bonds. The normalized spacial score (nSPS) is 14.4. The predicted octanol–water partition coefficient (Wildman–Crippen LogP) is 2.79. The molecule has 174 valence electrons. The Kier molecular flexibility index (Phi) is 8.69. The smallest absolute Gasteiger partial charge is 0.360 e. The number of aryl methyl sites for hydroxylation is 1. The first kappa shape index (κ1) is 25.1. The lowest BCUT2D eigenvalue weighted by molar-refractivity contribution is -0.422. The van der Waals surface area contributed by atoms with Gasteiger partial charge in [0.25, 0.3) is 0 Å². The lowest BCUT2D eigenvalue weighted by Crippen LogP contribution is -2.39. The minimum Gasteiger partial charge on any atom is -0.477 e. The van der Waals surface area contributed by atoms with Crippen LogP contribution in [0.1, 0.15) is 28.0 Å². The number of nitrogens with zero attached hydrogens (tertiary/aromatic N) is 5. The fourth-order valence-electron chi connectivity index (χ4n) is 3.56. The number of rotatable bonds is 8. The molecule has 1 aromatic heterocycles. The number of hydrogen-bond acceptors (Lipinski definition) is 9. The first-order chi connectivity index (χ1) is 15.7. The van der Waals surface area contributed by atoms with Crippen molar-refractivity contribution in [1.29, 1.82) is 0 Å². The van der Waals surface area contributed by atoms with Crippen molar-refractivity contribution >= 4 is 23.3 Å². The second kappa shape index (κ2) is 11.4. The highest BCUT2D eigenvalue weighted by Crippen LogP contribution is 2.30. The maximum absolute atomic E-state index is 10.6. The number of nitro benzene ring substituents is 2. The van der Waals surface area contributed by atoms with Gasteiger partial charge in [0.15, 0.2) is 0 Å². The summed E-state index contributed by atoms with van der Waals surface area (Å²) >= 11 is 0. The number of fused-ring (bicyclic) bond motifs is 1. The van der Waals surface area contributed by atoms with Gasteiger partial charge >= 0.3 is 17.3 Å². The third kappa shape index (κ3) is 6.40. The van der Waals surface area contributed by atoms with Crippen molar-refractivity contribution in [1.82, 2.24) is 14.9 Å². The molecule has 1 heterocycles. The van der Waals surface area contributed by atoms with Gasteiger partial charge in [-0.05, 0) is 30.9 Å². The number of aromatic nitrogens is 2. The van der Waals surface area contributed by atoms with E-state index in [0.717, 1.165) is 56.2 Å². The number of aromatic carboxylic acids is 1. The number of benzene rings is 1. The largest absolute Gasteiger partial charge is 0.477 e. The summed E-state index contributed by atoms with van der Waals surface area (Å²) in [6, 6.07) is 3.41. The number of nitrogen functional groups attached to an aromatic ring is 1. The Morgan fingerprint density at radius 3 is 2.45 bits per heavy atom. The molecule has 0 spiro atoms. The number of anilines is 1. The van der Waals surface area contributed by atoms with E-state index >= 15 is 0 Å². The number of carboxylic acids is 1. The molecule has 12 nitrogen and oxygen atoms in total. The molecule has 0 radical (unpaired) electrons. The van der Waals surface area contributed by atoms with E-state index in [0.29, 0.717) is 12.0 Å². The summed E-state index contributed by atoms with van der Waals surface area (Å²) in [6.07, 6.45) is 8.81. The Labute approximate surface area is 189 Å². The van der Waals surface area contributed by atoms with Crippen molar-refractivity contribution in [3.8, 4) is 0 Å². The van der Waals surface area contributed by atoms with E-state index in [1.54, 1.807) is 0 Å². The van der Waals surface area contributed by atoms with Crippen LogP contribution in [0, 0.1) is 20.2 Å². The van der Waals surface area contributed by atoms with Crippen molar-refractivity contribution in [3.05, 3.63) is 86.8 Å². The molecule has 0 saturated heterocycles. The molecule has 3 rings (SSSR count). The molecule has 0 aliphatic heterocycles. The van der Waals surface area contributed by atoms with Crippen LogP contribution in [0.25, 0.3) is 0 Å². The standard InChI is InChI=1S/C14H20N4.C7H4N2O6/c1-3-7-18(8-4-2)12-5-6-13-11(9-12)10-16-14(15)17-13;10-7(11)4-2-1-3-5(8(12)13)6(4)9(14)15/h3-4,10,12H,1-2,5-9H2,(H2,15,16,17);1-3H,(H,10,11). The molecule has 3 N–H and O–H groups in total. The van der Waals surface area contributed by atoms with E-state index in [-0.39, 0.29) is 0 Å². The molecular formula is C21H24N6O6. The zero-order chi connectivity index (χ0) is 24.5. The minimum atomic E-state index is -1.58. The average Bonchev–Trinajstić information content (AvgIpc) is 2.78. The molecule has 1 aliphatic carbocycles. The highest BCUT2D eigenvalue weighted by molar-refractivity contribution is 5.94. The SMILES string of the molecule is C=CCN(CC=C)C1CCc2nc(N)ncc2C1.O=C(O)c1cccc([N+](=O)[O-])c1[N+](=O)[O-]. The second-order valence-electron chi connectivity index (χ2n) is 7.12. The molecule has 1 aromatic carbocycles. The molecule has 2 aromatic rings. The third-order valence-electron chi connectivity index (χ3n) is 5.01. The first-order valence-electron chi connectivity index (χ1n) is 9.90. The van der Waals surface area contributed by atoms with Crippen LogP contribution in [-0.4, -0.2) is 54.9 Å². The summed E-state index contributed by atoms with van der Waals surface area (Å²) in [5.74, 6) is -1.20. The van der Waals surface area contributed by atoms with Gasteiger partial charge in [-0.25, -0.2) is 14.8 Å². The maximum Gasteiger partial charge on any atom is 0.360 e. The van der Waals surface area contributed by atoms with Gasteiger partial charge in [0.05, 0.1) is 9.85 Å². The summed E-state index contributed by atoms with van der Waals surface area (Å²) in [5.41, 5.74) is 5.40. The number of carboxylic acid groups (broad SMARTS) is 1. The summed E-state index contributed by atoms with van der Waals surface area (Å²) < 4.78 is 0. The van der Waals surface area contributed by atoms with Gasteiger partial charge in [0, 0.05) is 37.1 Å². The number of nitro groups is 2. The topological polar surface area (TPSA) is 179 Å². The van der Waals surface area contributed by atoms with Gasteiger partial charge in [0.1, 0.15) is 5.56 Å². The molecule has 12 heteroatoms. The number of hydrogen-bond donors (Lipinski definition) is 2. The first-order valence-corrected chi connectivity index (χ1v) is 9.90. The lowest BCUT2D eigenvalue weighted by Gasteiger charge is -2.33. The van der Waals surface area contributed by atoms with Crippen LogP contribution in [0.3, 0.4) is 0 Å². The summed E-state index contributed by atoms with van der Waals surface area (Å²) in [4.78, 5) is 40.2. The van der Waals surface area contributed by atoms with E-state index < -0.39 is 32.8 Å². The van der Waals surface area contributed by atoms with Crippen LogP contribution in [-0.2, 0) is 12.8 Å². The van der Waals surface area contributed by atoms with Crippen molar-refractivity contribution in [2.24, 2.45) is 0 Å². The van der Waals surface area contributed by atoms with Crippen molar-refractivity contribution < 1.29 is 19.7 Å². The van der Waals surface area contributed by atoms with Crippen LogP contribution in [0.5, 0.6) is 0 Å². The fourth-order valence-corrected chi connectivity index (χ4v) is 3.56. The van der Waals surface area contributed by atoms with Crippen LogP contribution in [0.2, 0.25) is 0 Å². The van der Waals surface area contributed by atoms with Crippen LogP contribution < -0.4 is 5.73 Å². The minimum absolute atomic E-state index is 0.376. The fraction of sp³-hybridized carbons (Fsp3) is 0.286. The predicted molar refractivity (Wildman–Crippen MR) is 121 cm³/mol. The average molecular weight is 456 g/mol. The Hall–Kier alpha value is -4.19. The van der Waals surface area contributed by atoms with E-state index in [1.807, 2.05) is 18.3 Å². The highest BCUT2D eigenvalue weighted by atomic mass is 16.6. The lowest BCUT2D eigenvalue weighted by atomic mass is 9.91. The van der Waals surface area contributed by atoms with Gasteiger partial charge in [0.2, 0.25) is 5.95 Å². The molecule has 0 saturated carbocycles. The monoisotopic (exact) mass is 456 g/mol. The Balaban J connectivity index is 0.000000238. The van der Waals surface area contributed by atoms with E-state index in [2.05, 4.69) is 28.0 Å². The van der Waals surface area contributed by atoms with Crippen molar-refractivity contribution in [2.75, 3.05) is 18.8 Å². The molecular weight excluding hydrogens is 432 g/mol. The van der Waals surface area contributed by atoms with Gasteiger partial charge in [-0.15, -0.1) is 13.2 Å². The maximum atomic E-state index is 10.6. The molecule has 1 unspecified atom stereocenters. The summed E-state index contributed by atoms with van der Waals surface area (Å²) in [5, 5.41) is 29.5. The number of nitrogens with two attached hydrogens (primary N) is 1. The molecule has 0 fully saturated rings. The molecule has 1 aliphatic rings. The van der Waals surface area contributed by atoms with Gasteiger partial charge in [-0.2, -0.15) is 0 Å². The Morgan fingerprint density at radius 2 is 1.91 bits per heavy atom. The molecule has 0 bridgehead atoms. The van der Waals surface area contributed by atoms with Crippen LogP contribution in [0.15, 0.2) is 49.7 Å². The van der Waals surface area contributed by atoms with Gasteiger partial charge in [-0.3, -0.25) is 25.1 Å². The van der Waals surface area contributed by atoms with Crippen molar-refractivity contribution in [2.45, 2.75) is 25.3 Å². The van der Waals surface area contributed by atoms with E-state index in [4.69, 9.17) is 10.8 Å². The summed E-state index contributed by atoms with van der Waals surface area (Å²) in [6.45, 7) is 9.41. The third-order valence-corrected chi connectivity index (χ3v) is 5.01. The summed E-state index contributed by atoms with van der Waals surface area (Å²) in [7, 11) is 0. The molecule has 1 atom stereocenters. The number of carbonyl (C=O) groups is 1. The van der Waals surface area contributed by atoms with Crippen molar-refractivity contribution in [3.63, 3.8) is 0 Å². The highest BCUT2D eigenvalue weighted by Gasteiger charge is 2.31. The van der Waals surface area contributed by atoms with E-state index in [1.165, 1.54) is 5.56 Å². The van der Waals surface area contributed by atoms with Crippen LogP contribution >= 0.6 is 0 Å². The second-order valence-corrected chi connectivity index (χ2v) is 7.12. The number of para-hydroxylation sites is 1.